The number of nitrogen functional groups attached to an aromatic ring is 1. The second kappa shape index (κ2) is 6.51. The van der Waals surface area contributed by atoms with E-state index in [9.17, 15) is 4.79 Å². The highest BCUT2D eigenvalue weighted by Gasteiger charge is 2.32. The van der Waals surface area contributed by atoms with E-state index in [1.165, 1.54) is 15.1 Å². The highest BCUT2D eigenvalue weighted by Crippen LogP contribution is 2.42. The Morgan fingerprint density at radius 2 is 2.08 bits per heavy atom. The van der Waals surface area contributed by atoms with Crippen molar-refractivity contribution in [1.29, 1.82) is 0 Å². The van der Waals surface area contributed by atoms with Gasteiger partial charge < -0.3 is 5.84 Å². The molecule has 0 fully saturated rings. The van der Waals surface area contributed by atoms with Gasteiger partial charge in [0.1, 0.15) is 10.7 Å². The van der Waals surface area contributed by atoms with Crippen LogP contribution in [0.3, 0.4) is 0 Å². The van der Waals surface area contributed by atoms with E-state index in [2.05, 4.69) is 27.7 Å². The Morgan fingerprint density at radius 1 is 1.33 bits per heavy atom. The van der Waals surface area contributed by atoms with Crippen LogP contribution in [0.1, 0.15) is 69.6 Å². The Balaban J connectivity index is 2.01. The van der Waals surface area contributed by atoms with E-state index in [0.29, 0.717) is 11.3 Å². The molecule has 0 amide bonds. The van der Waals surface area contributed by atoms with Gasteiger partial charge in [0.15, 0.2) is 0 Å². The van der Waals surface area contributed by atoms with E-state index >= 15 is 0 Å². The fourth-order valence-electron chi connectivity index (χ4n) is 3.73. The summed E-state index contributed by atoms with van der Waals surface area (Å²) < 4.78 is 1.29. The summed E-state index contributed by atoms with van der Waals surface area (Å²) in [7, 11) is 0. The molecular formula is C19H29N3OS. The first-order valence-corrected chi connectivity index (χ1v) is 9.95. The van der Waals surface area contributed by atoms with Crippen LogP contribution in [0.5, 0.6) is 0 Å². The maximum atomic E-state index is 12.8. The Bertz CT molecular complexity index is 798. The zero-order chi connectivity index (χ0) is 17.5. The van der Waals surface area contributed by atoms with Crippen molar-refractivity contribution in [3.63, 3.8) is 0 Å². The van der Waals surface area contributed by atoms with E-state index < -0.39 is 0 Å². The molecule has 1 atom stereocenters. The molecule has 0 saturated carbocycles. The minimum atomic E-state index is -0.0572. The first-order chi connectivity index (χ1) is 11.3. The number of aromatic nitrogens is 2. The molecule has 0 spiro atoms. The maximum absolute atomic E-state index is 12.8. The lowest BCUT2D eigenvalue weighted by molar-refractivity contribution is 0.218. The van der Waals surface area contributed by atoms with Gasteiger partial charge in [-0.1, -0.05) is 40.5 Å². The molecule has 2 N–H and O–H groups in total. The van der Waals surface area contributed by atoms with Gasteiger partial charge in [-0.3, -0.25) is 4.79 Å². The Morgan fingerprint density at radius 3 is 2.75 bits per heavy atom. The third kappa shape index (κ3) is 3.10. The molecule has 2 heterocycles. The van der Waals surface area contributed by atoms with Gasteiger partial charge in [-0.2, -0.15) is 0 Å². The van der Waals surface area contributed by atoms with Crippen LogP contribution in [0.4, 0.5) is 0 Å². The molecule has 132 valence electrons. The van der Waals surface area contributed by atoms with Crippen molar-refractivity contribution in [2.75, 3.05) is 5.84 Å². The van der Waals surface area contributed by atoms with Gasteiger partial charge in [0.05, 0.1) is 5.39 Å². The highest BCUT2D eigenvalue weighted by atomic mass is 32.1. The third-order valence-corrected chi connectivity index (χ3v) is 6.56. The van der Waals surface area contributed by atoms with E-state index in [4.69, 9.17) is 10.8 Å². The zero-order valence-corrected chi connectivity index (χ0v) is 16.1. The Hall–Kier alpha value is -1.36. The van der Waals surface area contributed by atoms with Crippen LogP contribution in [0.15, 0.2) is 4.79 Å². The van der Waals surface area contributed by atoms with E-state index in [-0.39, 0.29) is 5.56 Å². The largest absolute Gasteiger partial charge is 0.335 e. The standard InChI is InChI=1S/C19H29N3OS/c1-5-6-7-8-15-21-17-16(18(23)22(15)20)13-10-9-12(19(2,3)4)11-14(13)24-17/h12H,5-11,20H2,1-4H3. The van der Waals surface area contributed by atoms with Gasteiger partial charge in [0.25, 0.3) is 5.56 Å². The summed E-state index contributed by atoms with van der Waals surface area (Å²) in [5.74, 6) is 7.46. The summed E-state index contributed by atoms with van der Waals surface area (Å²) >= 11 is 1.72. The van der Waals surface area contributed by atoms with E-state index in [1.807, 2.05) is 0 Å². The van der Waals surface area contributed by atoms with Gasteiger partial charge in [0, 0.05) is 11.3 Å². The van der Waals surface area contributed by atoms with Crippen molar-refractivity contribution >= 4 is 21.6 Å². The molecule has 1 aliphatic carbocycles. The predicted molar refractivity (Wildman–Crippen MR) is 102 cm³/mol. The van der Waals surface area contributed by atoms with Crippen molar-refractivity contribution in [2.45, 2.75) is 72.6 Å². The van der Waals surface area contributed by atoms with Crippen LogP contribution >= 0.6 is 11.3 Å². The number of thiophene rings is 1. The van der Waals surface area contributed by atoms with Crippen LogP contribution in [-0.2, 0) is 19.3 Å². The molecule has 24 heavy (non-hydrogen) atoms. The molecule has 0 saturated heterocycles. The Kier molecular flexibility index (Phi) is 4.73. The summed E-state index contributed by atoms with van der Waals surface area (Å²) in [6.45, 7) is 9.11. The Labute approximate surface area is 148 Å². The molecule has 0 aliphatic heterocycles. The molecule has 1 unspecified atom stereocenters. The predicted octanol–water partition coefficient (Wildman–Crippen LogP) is 4.06. The van der Waals surface area contributed by atoms with Crippen LogP contribution in [-0.4, -0.2) is 9.66 Å². The lowest BCUT2D eigenvalue weighted by atomic mass is 9.72. The molecule has 2 aromatic rings. The molecule has 5 heteroatoms. The second-order valence-electron chi connectivity index (χ2n) is 8.15. The molecule has 0 aromatic carbocycles. The third-order valence-electron chi connectivity index (χ3n) is 5.42. The number of nitrogens with zero attached hydrogens (tertiary/aromatic N) is 2. The zero-order valence-electron chi connectivity index (χ0n) is 15.3. The van der Waals surface area contributed by atoms with Crippen molar-refractivity contribution in [1.82, 2.24) is 9.66 Å². The number of aryl methyl sites for hydroxylation is 2. The number of unbranched alkanes of at least 4 members (excludes halogenated alkanes) is 2. The monoisotopic (exact) mass is 347 g/mol. The fraction of sp³-hybridized carbons (Fsp3) is 0.684. The average Bonchev–Trinajstić information content (AvgIpc) is 2.88. The number of hydrogen-bond donors (Lipinski definition) is 1. The number of rotatable bonds is 4. The summed E-state index contributed by atoms with van der Waals surface area (Å²) in [5, 5.41) is 0.782. The van der Waals surface area contributed by atoms with Crippen LogP contribution in [0.2, 0.25) is 0 Å². The average molecular weight is 348 g/mol. The normalized spacial score (nSPS) is 18.1. The SMILES string of the molecule is CCCCCc1nc2sc3c(c2c(=O)n1N)CCC(C(C)(C)C)C3. The number of hydrogen-bond acceptors (Lipinski definition) is 4. The molecule has 2 aromatic heterocycles. The second-order valence-corrected chi connectivity index (χ2v) is 9.23. The summed E-state index contributed by atoms with van der Waals surface area (Å²) in [5.41, 5.74) is 1.46. The summed E-state index contributed by atoms with van der Waals surface area (Å²) in [4.78, 5) is 19.8. The topological polar surface area (TPSA) is 60.9 Å². The quantitative estimate of drug-likeness (QED) is 0.670. The minimum absolute atomic E-state index is 0.0572. The van der Waals surface area contributed by atoms with Crippen LogP contribution < -0.4 is 11.4 Å². The van der Waals surface area contributed by atoms with E-state index in [0.717, 1.165) is 61.0 Å². The first kappa shape index (κ1) is 17.5. The van der Waals surface area contributed by atoms with Crippen LogP contribution in [0.25, 0.3) is 10.2 Å². The molecular weight excluding hydrogens is 318 g/mol. The molecule has 4 nitrogen and oxygen atoms in total. The lowest BCUT2D eigenvalue weighted by Gasteiger charge is -2.33. The smallest absolute Gasteiger partial charge is 0.280 e. The highest BCUT2D eigenvalue weighted by molar-refractivity contribution is 7.18. The minimum Gasteiger partial charge on any atom is -0.335 e. The maximum Gasteiger partial charge on any atom is 0.280 e. The molecule has 1 aliphatic rings. The van der Waals surface area contributed by atoms with Crippen LogP contribution in [0, 0.1) is 11.3 Å². The lowest BCUT2D eigenvalue weighted by Crippen LogP contribution is -2.32. The fourth-order valence-corrected chi connectivity index (χ4v) is 5.04. The van der Waals surface area contributed by atoms with Crippen molar-refractivity contribution in [2.24, 2.45) is 11.3 Å². The van der Waals surface area contributed by atoms with Gasteiger partial charge in [-0.05, 0) is 42.6 Å². The molecule has 0 radical (unpaired) electrons. The van der Waals surface area contributed by atoms with Crippen molar-refractivity contribution < 1.29 is 0 Å². The van der Waals surface area contributed by atoms with Crippen molar-refractivity contribution in [3.05, 3.63) is 26.6 Å². The van der Waals surface area contributed by atoms with Gasteiger partial charge in [-0.25, -0.2) is 9.66 Å². The van der Waals surface area contributed by atoms with Crippen molar-refractivity contribution in [3.8, 4) is 0 Å². The first-order valence-electron chi connectivity index (χ1n) is 9.14. The summed E-state index contributed by atoms with van der Waals surface area (Å²) in [6, 6.07) is 0. The number of fused-ring (bicyclic) bond motifs is 3. The van der Waals surface area contributed by atoms with Gasteiger partial charge in [-0.15, -0.1) is 11.3 Å². The van der Waals surface area contributed by atoms with Gasteiger partial charge >= 0.3 is 0 Å². The molecule has 0 bridgehead atoms. The van der Waals surface area contributed by atoms with E-state index in [1.54, 1.807) is 11.3 Å². The molecule has 3 rings (SSSR count). The van der Waals surface area contributed by atoms with Gasteiger partial charge in [0.2, 0.25) is 0 Å². The summed E-state index contributed by atoms with van der Waals surface area (Å²) in [6.07, 6.45) is 7.29. The number of nitrogens with two attached hydrogens (primary N) is 1.